The smallest absolute Gasteiger partial charge is 0.315 e. The van der Waals surface area contributed by atoms with Crippen molar-refractivity contribution in [3.05, 3.63) is 0 Å². The van der Waals surface area contributed by atoms with Crippen molar-refractivity contribution in [1.29, 1.82) is 0 Å². The van der Waals surface area contributed by atoms with Gasteiger partial charge in [0.2, 0.25) is 17.6 Å². The highest BCUT2D eigenvalue weighted by Gasteiger charge is 2.45. The first-order chi connectivity index (χ1) is 20.2. The molecule has 1 saturated heterocycles. The molecule has 0 aromatic rings. The van der Waals surface area contributed by atoms with Gasteiger partial charge in [0.05, 0.1) is 16.8 Å². The molecule has 43 heavy (non-hydrogen) atoms. The van der Waals surface area contributed by atoms with Gasteiger partial charge in [-0.25, -0.2) is 9.00 Å². The highest BCUT2D eigenvalue weighted by molar-refractivity contribution is 7.80. The van der Waals surface area contributed by atoms with E-state index in [1.54, 1.807) is 6.92 Å². The minimum Gasteiger partial charge on any atom is -0.347 e. The molecule has 0 radical (unpaired) electrons. The van der Waals surface area contributed by atoms with Crippen LogP contribution < -0.4 is 21.3 Å². The minimum absolute atomic E-state index is 0.0166. The van der Waals surface area contributed by atoms with E-state index in [2.05, 4.69) is 21.3 Å². The van der Waals surface area contributed by atoms with Crippen molar-refractivity contribution in [1.82, 2.24) is 26.2 Å². The predicted molar refractivity (Wildman–Crippen MR) is 163 cm³/mol. The normalized spacial score (nSPS) is 22.9. The summed E-state index contributed by atoms with van der Waals surface area (Å²) < 4.78 is 21.9. The van der Waals surface area contributed by atoms with Crippen molar-refractivity contribution in [2.24, 2.45) is 5.41 Å². The molecular formula is C30H51N5O7S. The van der Waals surface area contributed by atoms with Crippen molar-refractivity contribution in [2.45, 2.75) is 147 Å². The van der Waals surface area contributed by atoms with E-state index in [4.69, 9.17) is 0 Å². The SMILES string of the molecule is CCCC[C@H](NC(=O)[C@@H]1CCCN1C(=O)[C@@H](NC(=O)NC1([C@H](C)S(=O)O)CCCCC1)C(C)(C)C)C(=O)C(=O)NC1CC1. The summed E-state index contributed by atoms with van der Waals surface area (Å²) in [4.78, 5) is 67.7. The van der Waals surface area contributed by atoms with Crippen LogP contribution >= 0.6 is 0 Å². The Hall–Kier alpha value is -2.54. The van der Waals surface area contributed by atoms with Gasteiger partial charge in [-0.05, 0) is 57.3 Å². The lowest BCUT2D eigenvalue weighted by Crippen LogP contribution is -2.64. The van der Waals surface area contributed by atoms with Gasteiger partial charge in [0, 0.05) is 12.6 Å². The third-order valence-corrected chi connectivity index (χ3v) is 10.1. The van der Waals surface area contributed by atoms with Crippen LogP contribution in [0.15, 0.2) is 0 Å². The van der Waals surface area contributed by atoms with E-state index in [1.807, 2.05) is 27.7 Å². The Labute approximate surface area is 257 Å². The molecule has 0 aromatic carbocycles. The number of hydrogen-bond donors (Lipinski definition) is 5. The van der Waals surface area contributed by atoms with Gasteiger partial charge < -0.3 is 30.7 Å². The highest BCUT2D eigenvalue weighted by Crippen LogP contribution is 2.33. The van der Waals surface area contributed by atoms with Gasteiger partial charge in [-0.1, -0.05) is 59.8 Å². The zero-order chi connectivity index (χ0) is 31.9. The van der Waals surface area contributed by atoms with Crippen LogP contribution in [-0.4, -0.2) is 84.7 Å². The summed E-state index contributed by atoms with van der Waals surface area (Å²) in [6.07, 6.45) is 8.15. The summed E-state index contributed by atoms with van der Waals surface area (Å²) in [5.74, 6) is -2.27. The van der Waals surface area contributed by atoms with Gasteiger partial charge in [0.15, 0.2) is 11.1 Å². The maximum absolute atomic E-state index is 14.0. The number of carbonyl (C=O) groups excluding carboxylic acids is 5. The molecule has 13 heteroatoms. The number of ketones is 1. The van der Waals surface area contributed by atoms with Gasteiger partial charge in [0.1, 0.15) is 12.1 Å². The Morgan fingerprint density at radius 1 is 1.00 bits per heavy atom. The predicted octanol–water partition coefficient (Wildman–Crippen LogP) is 2.53. The van der Waals surface area contributed by atoms with Gasteiger partial charge >= 0.3 is 6.03 Å². The standard InChI is InChI=1S/C30H51N5O7S/c1-6-7-12-21(23(36)26(38)31-20-14-15-20)32-25(37)22-13-11-18-35(22)27(39)24(29(3,4)5)33-28(40)34-30(19(2)43(41)42)16-9-8-10-17-30/h19-22,24H,6-18H2,1-5H3,(H,31,38)(H,32,37)(H,41,42)(H2,33,34,40)/t19-,21-,22-,24+/m0/s1. The fraction of sp³-hybridized carbons (Fsp3) is 0.833. The van der Waals surface area contributed by atoms with Crippen molar-refractivity contribution in [3.63, 3.8) is 0 Å². The average Bonchev–Trinajstić information content (AvgIpc) is 3.62. The molecule has 3 fully saturated rings. The number of nitrogens with zero attached hydrogens (tertiary/aromatic N) is 1. The van der Waals surface area contributed by atoms with Gasteiger partial charge in [-0.2, -0.15) is 0 Å². The van der Waals surface area contributed by atoms with E-state index < -0.39 is 74.9 Å². The minimum atomic E-state index is -2.14. The number of Topliss-reactive ketones (excluding diaryl/α,β-unsaturated/α-hetero) is 1. The first-order valence-corrected chi connectivity index (χ1v) is 17.0. The van der Waals surface area contributed by atoms with E-state index in [0.717, 1.165) is 38.5 Å². The molecule has 5 atom stereocenters. The first-order valence-electron chi connectivity index (χ1n) is 15.8. The number of amides is 5. The van der Waals surface area contributed by atoms with Crippen LogP contribution in [0.1, 0.15) is 112 Å². The molecule has 1 heterocycles. The van der Waals surface area contributed by atoms with Crippen LogP contribution in [0.5, 0.6) is 0 Å². The number of nitrogens with one attached hydrogen (secondary N) is 4. The Bertz CT molecular complexity index is 1070. The van der Waals surface area contributed by atoms with E-state index in [0.29, 0.717) is 45.1 Å². The average molecular weight is 626 g/mol. The summed E-state index contributed by atoms with van der Waals surface area (Å²) in [6.45, 7) is 9.38. The summed E-state index contributed by atoms with van der Waals surface area (Å²) in [5.41, 5.74) is -1.58. The molecule has 2 saturated carbocycles. The Morgan fingerprint density at radius 3 is 2.21 bits per heavy atom. The second kappa shape index (κ2) is 15.0. The third kappa shape index (κ3) is 9.23. The van der Waals surface area contributed by atoms with E-state index in [-0.39, 0.29) is 6.04 Å². The van der Waals surface area contributed by atoms with Crippen molar-refractivity contribution in [3.8, 4) is 0 Å². The molecule has 12 nitrogen and oxygen atoms in total. The monoisotopic (exact) mass is 625 g/mol. The lowest BCUT2D eigenvalue weighted by molar-refractivity contribution is -0.143. The number of likely N-dealkylation sites (tertiary alicyclic amines) is 1. The van der Waals surface area contributed by atoms with Crippen LogP contribution in [-0.2, 0) is 30.3 Å². The number of carbonyl (C=O) groups is 5. The lowest BCUT2D eigenvalue weighted by Gasteiger charge is -2.42. The molecule has 3 rings (SSSR count). The molecule has 2 aliphatic carbocycles. The third-order valence-electron chi connectivity index (χ3n) is 9.03. The fourth-order valence-corrected chi connectivity index (χ4v) is 6.79. The number of urea groups is 1. The Balaban J connectivity index is 1.73. The van der Waals surface area contributed by atoms with E-state index in [1.165, 1.54) is 4.90 Å². The second-order valence-corrected chi connectivity index (χ2v) is 14.8. The zero-order valence-corrected chi connectivity index (χ0v) is 27.1. The van der Waals surface area contributed by atoms with Gasteiger partial charge in [-0.3, -0.25) is 19.2 Å². The van der Waals surface area contributed by atoms with Crippen molar-refractivity contribution >= 4 is 40.6 Å². The van der Waals surface area contributed by atoms with E-state index in [9.17, 15) is 32.7 Å². The number of hydrogen-bond acceptors (Lipinski definition) is 6. The molecule has 5 N–H and O–H groups in total. The van der Waals surface area contributed by atoms with Crippen LogP contribution in [0.25, 0.3) is 0 Å². The van der Waals surface area contributed by atoms with Gasteiger partial charge in [-0.15, -0.1) is 0 Å². The van der Waals surface area contributed by atoms with Crippen LogP contribution in [0.4, 0.5) is 4.79 Å². The first kappa shape index (κ1) is 34.9. The lowest BCUT2D eigenvalue weighted by atomic mass is 9.79. The summed E-state index contributed by atoms with van der Waals surface area (Å²) >= 11 is -2.14. The number of rotatable bonds is 13. The second-order valence-electron chi connectivity index (χ2n) is 13.5. The van der Waals surface area contributed by atoms with Crippen LogP contribution in [0.2, 0.25) is 0 Å². The molecule has 1 aliphatic heterocycles. The topological polar surface area (TPSA) is 174 Å². The molecule has 244 valence electrons. The Morgan fingerprint density at radius 2 is 1.65 bits per heavy atom. The maximum Gasteiger partial charge on any atom is 0.315 e. The molecule has 3 aliphatic rings. The van der Waals surface area contributed by atoms with E-state index >= 15 is 0 Å². The number of unbranched alkanes of at least 4 members (excludes halogenated alkanes) is 1. The summed E-state index contributed by atoms with van der Waals surface area (Å²) in [6, 6.07) is -3.38. The molecule has 1 unspecified atom stereocenters. The molecule has 0 spiro atoms. The quantitative estimate of drug-likeness (QED) is 0.154. The largest absolute Gasteiger partial charge is 0.347 e. The van der Waals surface area contributed by atoms with Crippen LogP contribution in [0.3, 0.4) is 0 Å². The highest BCUT2D eigenvalue weighted by atomic mass is 32.2. The zero-order valence-electron chi connectivity index (χ0n) is 26.3. The fourth-order valence-electron chi connectivity index (χ4n) is 6.11. The Kier molecular flexibility index (Phi) is 12.2. The van der Waals surface area contributed by atoms with Gasteiger partial charge in [0.25, 0.3) is 5.91 Å². The summed E-state index contributed by atoms with van der Waals surface area (Å²) in [5, 5.41) is 10.5. The molecule has 0 bridgehead atoms. The molecule has 5 amide bonds. The maximum atomic E-state index is 14.0. The van der Waals surface area contributed by atoms with Crippen molar-refractivity contribution < 1.29 is 32.7 Å². The van der Waals surface area contributed by atoms with Crippen molar-refractivity contribution in [2.75, 3.05) is 6.54 Å². The van der Waals surface area contributed by atoms with Crippen LogP contribution in [0, 0.1) is 5.41 Å². The molecule has 0 aromatic heterocycles. The summed E-state index contributed by atoms with van der Waals surface area (Å²) in [7, 11) is 0. The molecular weight excluding hydrogens is 574 g/mol.